The highest BCUT2D eigenvalue weighted by Gasteiger charge is 2.03. The molecule has 20 heavy (non-hydrogen) atoms. The fourth-order valence-electron chi connectivity index (χ4n) is 2.04. The number of halogens is 2. The Balaban J connectivity index is 1.82. The van der Waals surface area contributed by atoms with Crippen molar-refractivity contribution >= 4 is 22.6 Å². The molecule has 0 aliphatic heterocycles. The van der Waals surface area contributed by atoms with Gasteiger partial charge < -0.3 is 0 Å². The quantitative estimate of drug-likeness (QED) is 0.620. The molecule has 0 radical (unpaired) electrons. The Labute approximate surface area is 130 Å². The van der Waals surface area contributed by atoms with Crippen molar-refractivity contribution in [3.05, 3.63) is 75.9 Å². The molecule has 100 valence electrons. The highest BCUT2D eigenvalue weighted by atomic mass is 127. The molecule has 0 bridgehead atoms. The van der Waals surface area contributed by atoms with Crippen LogP contribution < -0.4 is 0 Å². The highest BCUT2D eigenvalue weighted by Crippen LogP contribution is 2.20. The van der Waals surface area contributed by atoms with Crippen LogP contribution in [0.2, 0.25) is 0 Å². The molecular formula is C16H12FIN2. The Morgan fingerprint density at radius 2 is 1.85 bits per heavy atom. The Kier molecular flexibility index (Phi) is 3.82. The van der Waals surface area contributed by atoms with Gasteiger partial charge in [-0.3, -0.25) is 4.68 Å². The van der Waals surface area contributed by atoms with Gasteiger partial charge in [-0.15, -0.1) is 0 Å². The van der Waals surface area contributed by atoms with Gasteiger partial charge in [-0.25, -0.2) is 4.39 Å². The summed E-state index contributed by atoms with van der Waals surface area (Å²) in [7, 11) is 0. The third kappa shape index (κ3) is 3.07. The van der Waals surface area contributed by atoms with Crippen molar-refractivity contribution < 1.29 is 4.39 Å². The van der Waals surface area contributed by atoms with Crippen molar-refractivity contribution in [2.75, 3.05) is 0 Å². The maximum absolute atomic E-state index is 12.9. The van der Waals surface area contributed by atoms with E-state index < -0.39 is 0 Å². The van der Waals surface area contributed by atoms with Gasteiger partial charge >= 0.3 is 0 Å². The van der Waals surface area contributed by atoms with E-state index in [1.54, 1.807) is 12.1 Å². The standard InChI is InChI=1S/C16H12FIN2/c17-15-6-4-12(5-7-15)10-20-11-14(9-19-20)13-2-1-3-16(18)8-13/h1-9,11H,10H2. The van der Waals surface area contributed by atoms with Crippen molar-refractivity contribution in [1.82, 2.24) is 9.78 Å². The van der Waals surface area contributed by atoms with E-state index in [9.17, 15) is 4.39 Å². The molecule has 0 unspecified atom stereocenters. The largest absolute Gasteiger partial charge is 0.268 e. The van der Waals surface area contributed by atoms with Crippen LogP contribution in [0.5, 0.6) is 0 Å². The molecule has 0 saturated heterocycles. The van der Waals surface area contributed by atoms with Gasteiger partial charge in [0, 0.05) is 15.3 Å². The summed E-state index contributed by atoms with van der Waals surface area (Å²) in [6.07, 6.45) is 3.86. The van der Waals surface area contributed by atoms with Crippen LogP contribution in [-0.4, -0.2) is 9.78 Å². The summed E-state index contributed by atoms with van der Waals surface area (Å²) in [6.45, 7) is 0.643. The van der Waals surface area contributed by atoms with Gasteiger partial charge in [-0.1, -0.05) is 24.3 Å². The van der Waals surface area contributed by atoms with Gasteiger partial charge in [0.25, 0.3) is 0 Å². The summed E-state index contributed by atoms with van der Waals surface area (Å²) in [5.41, 5.74) is 3.27. The molecule has 0 atom stereocenters. The summed E-state index contributed by atoms with van der Waals surface area (Å²) in [5, 5.41) is 4.36. The lowest BCUT2D eigenvalue weighted by Gasteiger charge is -2.01. The first-order chi connectivity index (χ1) is 9.70. The molecule has 0 aliphatic carbocycles. The van der Waals surface area contributed by atoms with E-state index in [4.69, 9.17) is 0 Å². The Hall–Kier alpha value is -1.69. The molecule has 3 rings (SSSR count). The van der Waals surface area contributed by atoms with Gasteiger partial charge in [0.2, 0.25) is 0 Å². The second-order valence-corrected chi connectivity index (χ2v) is 5.81. The summed E-state index contributed by atoms with van der Waals surface area (Å²) in [5.74, 6) is -0.214. The van der Waals surface area contributed by atoms with Crippen molar-refractivity contribution in [3.8, 4) is 11.1 Å². The monoisotopic (exact) mass is 378 g/mol. The molecular weight excluding hydrogens is 366 g/mol. The van der Waals surface area contributed by atoms with Crippen molar-refractivity contribution in [1.29, 1.82) is 0 Å². The minimum absolute atomic E-state index is 0.214. The van der Waals surface area contributed by atoms with E-state index >= 15 is 0 Å². The summed E-state index contributed by atoms with van der Waals surface area (Å²) in [6, 6.07) is 14.8. The van der Waals surface area contributed by atoms with Crippen LogP contribution in [0.3, 0.4) is 0 Å². The Bertz CT molecular complexity index is 719. The predicted octanol–water partition coefficient (Wildman–Crippen LogP) is 4.34. The van der Waals surface area contributed by atoms with Gasteiger partial charge in [0.15, 0.2) is 0 Å². The number of nitrogens with zero attached hydrogens (tertiary/aromatic N) is 2. The second-order valence-electron chi connectivity index (χ2n) is 4.56. The molecule has 3 aromatic rings. The topological polar surface area (TPSA) is 17.8 Å². The SMILES string of the molecule is Fc1ccc(Cn2cc(-c3cccc(I)c3)cn2)cc1. The number of aromatic nitrogens is 2. The maximum atomic E-state index is 12.9. The zero-order chi connectivity index (χ0) is 13.9. The highest BCUT2D eigenvalue weighted by molar-refractivity contribution is 14.1. The van der Waals surface area contributed by atoms with Crippen LogP contribution in [-0.2, 0) is 6.54 Å². The average Bonchev–Trinajstić information content (AvgIpc) is 2.90. The Morgan fingerprint density at radius 3 is 2.60 bits per heavy atom. The number of rotatable bonds is 3. The van der Waals surface area contributed by atoms with E-state index in [0.29, 0.717) is 6.54 Å². The normalized spacial score (nSPS) is 10.7. The zero-order valence-electron chi connectivity index (χ0n) is 10.6. The molecule has 2 aromatic carbocycles. The van der Waals surface area contributed by atoms with E-state index in [1.165, 1.54) is 15.7 Å². The number of hydrogen-bond acceptors (Lipinski definition) is 1. The molecule has 0 spiro atoms. The average molecular weight is 378 g/mol. The molecule has 0 N–H and O–H groups in total. The molecule has 0 saturated carbocycles. The lowest BCUT2D eigenvalue weighted by atomic mass is 10.1. The van der Waals surface area contributed by atoms with Gasteiger partial charge in [-0.2, -0.15) is 5.10 Å². The molecule has 0 amide bonds. The van der Waals surface area contributed by atoms with Crippen LogP contribution in [0.15, 0.2) is 60.9 Å². The lowest BCUT2D eigenvalue weighted by Crippen LogP contribution is -1.99. The van der Waals surface area contributed by atoms with Crippen molar-refractivity contribution in [2.24, 2.45) is 0 Å². The predicted molar refractivity (Wildman–Crippen MR) is 85.9 cm³/mol. The molecule has 0 aliphatic rings. The Morgan fingerprint density at radius 1 is 1.05 bits per heavy atom. The van der Waals surface area contributed by atoms with Crippen LogP contribution in [0.1, 0.15) is 5.56 Å². The van der Waals surface area contributed by atoms with Crippen LogP contribution in [0.25, 0.3) is 11.1 Å². The number of benzene rings is 2. The summed E-state index contributed by atoms with van der Waals surface area (Å²) < 4.78 is 15.9. The number of hydrogen-bond donors (Lipinski definition) is 0. The first-order valence-corrected chi connectivity index (χ1v) is 7.31. The second kappa shape index (κ2) is 5.75. The lowest BCUT2D eigenvalue weighted by molar-refractivity contribution is 0.624. The molecule has 1 heterocycles. The van der Waals surface area contributed by atoms with E-state index in [-0.39, 0.29) is 5.82 Å². The molecule has 4 heteroatoms. The molecule has 2 nitrogen and oxygen atoms in total. The first kappa shape index (κ1) is 13.3. The zero-order valence-corrected chi connectivity index (χ0v) is 12.8. The van der Waals surface area contributed by atoms with Crippen LogP contribution in [0, 0.1) is 9.39 Å². The summed E-state index contributed by atoms with van der Waals surface area (Å²) >= 11 is 2.30. The van der Waals surface area contributed by atoms with Gasteiger partial charge in [-0.05, 0) is 58.0 Å². The fourth-order valence-corrected chi connectivity index (χ4v) is 2.59. The third-order valence-corrected chi connectivity index (χ3v) is 3.72. The van der Waals surface area contributed by atoms with Crippen LogP contribution >= 0.6 is 22.6 Å². The smallest absolute Gasteiger partial charge is 0.123 e. The minimum atomic E-state index is -0.214. The van der Waals surface area contributed by atoms with Crippen molar-refractivity contribution in [3.63, 3.8) is 0 Å². The van der Waals surface area contributed by atoms with Gasteiger partial charge in [0.05, 0.1) is 12.7 Å². The fraction of sp³-hybridized carbons (Fsp3) is 0.0625. The minimum Gasteiger partial charge on any atom is -0.268 e. The molecule has 1 aromatic heterocycles. The van der Waals surface area contributed by atoms with Crippen molar-refractivity contribution in [2.45, 2.75) is 6.54 Å². The summed E-state index contributed by atoms with van der Waals surface area (Å²) in [4.78, 5) is 0. The van der Waals surface area contributed by atoms with E-state index in [2.05, 4.69) is 45.9 Å². The third-order valence-electron chi connectivity index (χ3n) is 3.05. The van der Waals surface area contributed by atoms with E-state index in [1.807, 2.05) is 23.1 Å². The first-order valence-electron chi connectivity index (χ1n) is 6.23. The van der Waals surface area contributed by atoms with Crippen LogP contribution in [0.4, 0.5) is 4.39 Å². The molecule has 0 fully saturated rings. The van der Waals surface area contributed by atoms with Gasteiger partial charge in [0.1, 0.15) is 5.82 Å². The maximum Gasteiger partial charge on any atom is 0.123 e. The van der Waals surface area contributed by atoms with E-state index in [0.717, 1.165) is 16.7 Å².